The van der Waals surface area contributed by atoms with E-state index in [-0.39, 0.29) is 17.5 Å². The van der Waals surface area contributed by atoms with E-state index in [1.807, 2.05) is 54.6 Å². The van der Waals surface area contributed by atoms with Crippen molar-refractivity contribution in [1.29, 1.82) is 0 Å². The molecule has 0 radical (unpaired) electrons. The number of nitrogens with one attached hydrogen (secondary N) is 1. The molecule has 1 unspecified atom stereocenters. The Morgan fingerprint density at radius 2 is 1.63 bits per heavy atom. The van der Waals surface area contributed by atoms with Crippen LogP contribution in [-0.2, 0) is 14.8 Å². The van der Waals surface area contributed by atoms with E-state index in [0.717, 1.165) is 26.0 Å². The molecule has 0 fully saturated rings. The minimum absolute atomic E-state index is 0.154. The average Bonchev–Trinajstić information content (AvgIpc) is 3.17. The molecule has 0 aliphatic heterocycles. The molecule has 7 heteroatoms. The van der Waals surface area contributed by atoms with Gasteiger partial charge in [0.25, 0.3) is 0 Å². The van der Waals surface area contributed by atoms with E-state index in [9.17, 15) is 13.2 Å². The molecule has 3 aromatic carbocycles. The fraction of sp³-hybridized carbons (Fsp3) is 0.174. The summed E-state index contributed by atoms with van der Waals surface area (Å²) in [4.78, 5) is 12.6. The molecule has 1 amide bonds. The Hall–Kier alpha value is -3.16. The lowest BCUT2D eigenvalue weighted by Gasteiger charge is -2.18. The van der Waals surface area contributed by atoms with Gasteiger partial charge in [0.2, 0.25) is 15.9 Å². The SMILES string of the molecule is CC(NC(=O)CN(C)S(=O)(=O)c1ccc2ccccc2c1)c1cc2ccccc2o1. The van der Waals surface area contributed by atoms with Crippen LogP contribution in [0, 0.1) is 0 Å². The maximum absolute atomic E-state index is 12.9. The summed E-state index contributed by atoms with van der Waals surface area (Å²) in [5, 5.41) is 5.53. The van der Waals surface area contributed by atoms with Crippen LogP contribution in [0.15, 0.2) is 82.1 Å². The van der Waals surface area contributed by atoms with E-state index >= 15 is 0 Å². The second-order valence-corrected chi connectivity index (χ2v) is 9.29. The number of nitrogens with zero attached hydrogens (tertiary/aromatic N) is 1. The molecule has 30 heavy (non-hydrogen) atoms. The van der Waals surface area contributed by atoms with Crippen LogP contribution >= 0.6 is 0 Å². The number of amides is 1. The number of carbonyl (C=O) groups is 1. The molecular formula is C23H22N2O4S. The van der Waals surface area contributed by atoms with E-state index in [1.165, 1.54) is 7.05 Å². The number of benzene rings is 3. The number of rotatable bonds is 6. The number of hydrogen-bond acceptors (Lipinski definition) is 4. The first-order valence-corrected chi connectivity index (χ1v) is 11.0. The molecule has 0 spiro atoms. The van der Waals surface area contributed by atoms with Crippen LogP contribution in [0.25, 0.3) is 21.7 Å². The highest BCUT2D eigenvalue weighted by atomic mass is 32.2. The van der Waals surface area contributed by atoms with Crippen LogP contribution in [-0.4, -0.2) is 32.2 Å². The molecule has 1 atom stereocenters. The predicted molar refractivity (Wildman–Crippen MR) is 117 cm³/mol. The second-order valence-electron chi connectivity index (χ2n) is 7.25. The van der Waals surface area contributed by atoms with E-state index in [4.69, 9.17) is 4.42 Å². The van der Waals surface area contributed by atoms with Crippen molar-refractivity contribution in [3.63, 3.8) is 0 Å². The number of para-hydroxylation sites is 1. The third kappa shape index (κ3) is 3.94. The summed E-state index contributed by atoms with van der Waals surface area (Å²) in [6.07, 6.45) is 0. The van der Waals surface area contributed by atoms with Gasteiger partial charge < -0.3 is 9.73 Å². The van der Waals surface area contributed by atoms with Gasteiger partial charge in [0, 0.05) is 12.4 Å². The Kier molecular flexibility index (Phi) is 5.32. The van der Waals surface area contributed by atoms with Gasteiger partial charge in [0.05, 0.1) is 17.5 Å². The van der Waals surface area contributed by atoms with Gasteiger partial charge in [-0.2, -0.15) is 4.31 Å². The highest BCUT2D eigenvalue weighted by Gasteiger charge is 2.24. The van der Waals surface area contributed by atoms with Crippen LogP contribution < -0.4 is 5.32 Å². The van der Waals surface area contributed by atoms with Crippen molar-refractivity contribution < 1.29 is 17.6 Å². The molecule has 4 aromatic rings. The highest BCUT2D eigenvalue weighted by Crippen LogP contribution is 2.24. The Labute approximate surface area is 175 Å². The Morgan fingerprint density at radius 1 is 0.967 bits per heavy atom. The standard InChI is InChI=1S/C23H22N2O4S/c1-16(22-14-19-9-5-6-10-21(19)29-22)24-23(26)15-25(2)30(27,28)20-12-11-17-7-3-4-8-18(17)13-20/h3-14,16H,15H2,1-2H3,(H,24,26). The van der Waals surface area contributed by atoms with E-state index in [1.54, 1.807) is 25.1 Å². The van der Waals surface area contributed by atoms with E-state index in [0.29, 0.717) is 5.76 Å². The number of fused-ring (bicyclic) bond motifs is 2. The molecule has 0 bridgehead atoms. The van der Waals surface area contributed by atoms with E-state index < -0.39 is 15.9 Å². The summed E-state index contributed by atoms with van der Waals surface area (Å²) in [6.45, 7) is 1.51. The summed E-state index contributed by atoms with van der Waals surface area (Å²) in [6, 6.07) is 21.5. The van der Waals surface area contributed by atoms with Crippen molar-refractivity contribution >= 4 is 37.7 Å². The molecule has 0 saturated carbocycles. The summed E-state index contributed by atoms with van der Waals surface area (Å²) in [7, 11) is -2.40. The van der Waals surface area contributed by atoms with Gasteiger partial charge in [-0.25, -0.2) is 8.42 Å². The largest absolute Gasteiger partial charge is 0.459 e. The van der Waals surface area contributed by atoms with Crippen LogP contribution in [0.2, 0.25) is 0 Å². The molecule has 0 aliphatic carbocycles. The summed E-state index contributed by atoms with van der Waals surface area (Å²) in [5.41, 5.74) is 0.740. The number of likely N-dealkylation sites (N-methyl/N-ethyl adjacent to an activating group) is 1. The molecular weight excluding hydrogens is 400 g/mol. The minimum Gasteiger partial charge on any atom is -0.459 e. The Balaban J connectivity index is 1.46. The maximum atomic E-state index is 12.9. The molecule has 4 rings (SSSR count). The molecule has 1 heterocycles. The topological polar surface area (TPSA) is 79.6 Å². The van der Waals surface area contributed by atoms with Gasteiger partial charge in [0.15, 0.2) is 0 Å². The zero-order chi connectivity index (χ0) is 21.3. The lowest BCUT2D eigenvalue weighted by molar-refractivity contribution is -0.121. The van der Waals surface area contributed by atoms with Crippen LogP contribution in [0.3, 0.4) is 0 Å². The summed E-state index contributed by atoms with van der Waals surface area (Å²) >= 11 is 0. The number of carbonyl (C=O) groups excluding carboxylic acids is 1. The van der Waals surface area contributed by atoms with Crippen molar-refractivity contribution in [3.05, 3.63) is 78.6 Å². The quantitative estimate of drug-likeness (QED) is 0.508. The first-order chi connectivity index (χ1) is 14.3. The first kappa shape index (κ1) is 20.1. The summed E-state index contributed by atoms with van der Waals surface area (Å²) < 4.78 is 32.6. The van der Waals surface area contributed by atoms with Crippen molar-refractivity contribution in [2.24, 2.45) is 0 Å². The summed E-state index contributed by atoms with van der Waals surface area (Å²) in [5.74, 6) is 0.208. The zero-order valence-corrected chi connectivity index (χ0v) is 17.5. The van der Waals surface area contributed by atoms with Crippen LogP contribution in [0.4, 0.5) is 0 Å². The predicted octanol–water partition coefficient (Wildman–Crippen LogP) is 4.08. The maximum Gasteiger partial charge on any atom is 0.243 e. The smallest absolute Gasteiger partial charge is 0.243 e. The van der Waals surface area contributed by atoms with Crippen molar-refractivity contribution in [3.8, 4) is 0 Å². The lowest BCUT2D eigenvalue weighted by Crippen LogP contribution is -2.39. The van der Waals surface area contributed by atoms with Crippen molar-refractivity contribution in [1.82, 2.24) is 9.62 Å². The van der Waals surface area contributed by atoms with Gasteiger partial charge in [-0.1, -0.05) is 48.5 Å². The number of sulfonamides is 1. The average molecular weight is 423 g/mol. The highest BCUT2D eigenvalue weighted by molar-refractivity contribution is 7.89. The number of furan rings is 1. The monoisotopic (exact) mass is 422 g/mol. The third-order valence-electron chi connectivity index (χ3n) is 5.04. The Morgan fingerprint density at radius 3 is 2.37 bits per heavy atom. The third-order valence-corrected chi connectivity index (χ3v) is 6.84. The zero-order valence-electron chi connectivity index (χ0n) is 16.7. The molecule has 6 nitrogen and oxygen atoms in total. The molecule has 1 N–H and O–H groups in total. The van der Waals surface area contributed by atoms with Crippen LogP contribution in [0.5, 0.6) is 0 Å². The van der Waals surface area contributed by atoms with Crippen molar-refractivity contribution in [2.45, 2.75) is 17.9 Å². The van der Waals surface area contributed by atoms with Crippen LogP contribution in [0.1, 0.15) is 18.7 Å². The molecule has 0 aliphatic rings. The van der Waals surface area contributed by atoms with Gasteiger partial charge in [-0.3, -0.25) is 4.79 Å². The fourth-order valence-corrected chi connectivity index (χ4v) is 4.53. The van der Waals surface area contributed by atoms with Gasteiger partial charge in [0.1, 0.15) is 11.3 Å². The minimum atomic E-state index is -3.80. The van der Waals surface area contributed by atoms with Gasteiger partial charge in [-0.05, 0) is 42.0 Å². The van der Waals surface area contributed by atoms with Gasteiger partial charge in [-0.15, -0.1) is 0 Å². The normalized spacial score (nSPS) is 13.0. The second kappa shape index (κ2) is 7.93. The Bertz CT molecular complexity index is 1290. The molecule has 0 saturated heterocycles. The van der Waals surface area contributed by atoms with Crippen molar-refractivity contribution in [2.75, 3.05) is 13.6 Å². The molecule has 154 valence electrons. The fourth-order valence-electron chi connectivity index (χ4n) is 3.37. The first-order valence-electron chi connectivity index (χ1n) is 9.57. The van der Waals surface area contributed by atoms with E-state index in [2.05, 4.69) is 5.32 Å². The molecule has 1 aromatic heterocycles. The number of hydrogen-bond donors (Lipinski definition) is 1. The lowest BCUT2D eigenvalue weighted by atomic mass is 10.1. The van der Waals surface area contributed by atoms with Gasteiger partial charge >= 0.3 is 0 Å².